The molecule has 72 valence electrons. The van der Waals surface area contributed by atoms with E-state index in [9.17, 15) is 0 Å². The maximum atomic E-state index is 8.61. The summed E-state index contributed by atoms with van der Waals surface area (Å²) in [4.78, 5) is 4.03. The number of nitrogens with zero attached hydrogens (tertiary/aromatic N) is 2. The van der Waals surface area contributed by atoms with Gasteiger partial charge < -0.3 is 0 Å². The second kappa shape index (κ2) is 4.39. The predicted molar refractivity (Wildman–Crippen MR) is 58.2 cm³/mol. The van der Waals surface area contributed by atoms with Gasteiger partial charge in [-0.3, -0.25) is 0 Å². The van der Waals surface area contributed by atoms with Crippen LogP contribution in [0.25, 0.3) is 0 Å². The van der Waals surface area contributed by atoms with E-state index in [1.807, 2.05) is 30.3 Å². The second-order valence-corrected chi connectivity index (χ2v) is 3.33. The molecule has 0 aliphatic heterocycles. The average molecular weight is 194 g/mol. The Morgan fingerprint density at radius 2 is 1.80 bits per heavy atom. The van der Waals surface area contributed by atoms with Crippen molar-refractivity contribution in [3.05, 3.63) is 65.5 Å². The van der Waals surface area contributed by atoms with Gasteiger partial charge in [0, 0.05) is 6.20 Å². The molecule has 0 N–H and O–H groups in total. The van der Waals surface area contributed by atoms with Crippen LogP contribution in [0.2, 0.25) is 0 Å². The molecule has 0 fully saturated rings. The Morgan fingerprint density at radius 3 is 2.40 bits per heavy atom. The molecule has 1 aromatic heterocycles. The summed E-state index contributed by atoms with van der Waals surface area (Å²) in [5, 5.41) is 8.61. The summed E-state index contributed by atoms with van der Waals surface area (Å²) in [6, 6.07) is 15.9. The topological polar surface area (TPSA) is 36.7 Å². The Hall–Kier alpha value is -2.14. The molecule has 0 atom stereocenters. The van der Waals surface area contributed by atoms with Gasteiger partial charge in [0.15, 0.2) is 0 Å². The molecule has 0 bridgehead atoms. The Kier molecular flexibility index (Phi) is 2.75. The zero-order chi connectivity index (χ0) is 10.5. The molecule has 2 nitrogen and oxygen atoms in total. The van der Waals surface area contributed by atoms with Crippen LogP contribution in [-0.2, 0) is 6.42 Å². The van der Waals surface area contributed by atoms with Gasteiger partial charge in [0.1, 0.15) is 11.8 Å². The van der Waals surface area contributed by atoms with E-state index >= 15 is 0 Å². The minimum atomic E-state index is 0.465. The summed E-state index contributed by atoms with van der Waals surface area (Å²) >= 11 is 0. The van der Waals surface area contributed by atoms with Gasteiger partial charge in [0.25, 0.3) is 0 Å². The minimum absolute atomic E-state index is 0.465. The van der Waals surface area contributed by atoms with E-state index in [1.54, 1.807) is 12.3 Å². The smallest absolute Gasteiger partial charge is 0.140 e. The van der Waals surface area contributed by atoms with Gasteiger partial charge in [-0.05, 0) is 23.6 Å². The summed E-state index contributed by atoms with van der Waals surface area (Å²) < 4.78 is 0. The van der Waals surface area contributed by atoms with Gasteiger partial charge in [0.2, 0.25) is 0 Å². The first-order chi connectivity index (χ1) is 7.38. The molecule has 0 amide bonds. The standard InChI is InChI=1S/C13H10N2/c14-9-13-7-6-12(10-15-13)8-11-4-2-1-3-5-11/h1-7,10H,8H2. The van der Waals surface area contributed by atoms with Crippen LogP contribution in [0.3, 0.4) is 0 Å². The van der Waals surface area contributed by atoms with Crippen molar-refractivity contribution < 1.29 is 0 Å². The van der Waals surface area contributed by atoms with Crippen molar-refractivity contribution in [1.82, 2.24) is 4.98 Å². The third-order valence-corrected chi connectivity index (χ3v) is 2.19. The molecule has 0 aliphatic rings. The van der Waals surface area contributed by atoms with Crippen LogP contribution in [0.15, 0.2) is 48.7 Å². The Balaban J connectivity index is 2.16. The molecular weight excluding hydrogens is 184 g/mol. The van der Waals surface area contributed by atoms with Crippen LogP contribution in [0.5, 0.6) is 0 Å². The van der Waals surface area contributed by atoms with Crippen LogP contribution in [0.1, 0.15) is 16.8 Å². The third kappa shape index (κ3) is 2.41. The van der Waals surface area contributed by atoms with E-state index in [1.165, 1.54) is 5.56 Å². The predicted octanol–water partition coefficient (Wildman–Crippen LogP) is 2.54. The number of benzene rings is 1. The molecular formula is C13H10N2. The Labute approximate surface area is 88.8 Å². The molecule has 0 aliphatic carbocycles. The highest BCUT2D eigenvalue weighted by molar-refractivity contribution is 5.27. The van der Waals surface area contributed by atoms with E-state index in [2.05, 4.69) is 17.1 Å². The van der Waals surface area contributed by atoms with Gasteiger partial charge in [0.05, 0.1) is 0 Å². The van der Waals surface area contributed by atoms with Gasteiger partial charge in [-0.25, -0.2) is 4.98 Å². The highest BCUT2D eigenvalue weighted by Crippen LogP contribution is 2.08. The first kappa shape index (κ1) is 9.42. The van der Waals surface area contributed by atoms with Crippen molar-refractivity contribution >= 4 is 0 Å². The first-order valence-electron chi connectivity index (χ1n) is 4.77. The van der Waals surface area contributed by atoms with Crippen LogP contribution >= 0.6 is 0 Å². The highest BCUT2D eigenvalue weighted by Gasteiger charge is 1.96. The van der Waals surface area contributed by atoms with Crippen LogP contribution in [0.4, 0.5) is 0 Å². The van der Waals surface area contributed by atoms with Crippen molar-refractivity contribution in [1.29, 1.82) is 5.26 Å². The molecule has 2 rings (SSSR count). The summed E-state index contributed by atoms with van der Waals surface area (Å²) in [6.45, 7) is 0. The average Bonchev–Trinajstić information content (AvgIpc) is 2.31. The van der Waals surface area contributed by atoms with Crippen LogP contribution in [0, 0.1) is 11.3 Å². The zero-order valence-corrected chi connectivity index (χ0v) is 8.22. The van der Waals surface area contributed by atoms with Crippen molar-refractivity contribution in [3.63, 3.8) is 0 Å². The number of hydrogen-bond donors (Lipinski definition) is 0. The zero-order valence-electron chi connectivity index (χ0n) is 8.22. The fourth-order valence-electron chi connectivity index (χ4n) is 1.43. The molecule has 0 unspecified atom stereocenters. The minimum Gasteiger partial charge on any atom is -0.245 e. The highest BCUT2D eigenvalue weighted by atomic mass is 14.7. The van der Waals surface area contributed by atoms with E-state index in [-0.39, 0.29) is 0 Å². The lowest BCUT2D eigenvalue weighted by molar-refractivity contribution is 1.13. The molecule has 2 heteroatoms. The molecule has 1 aromatic carbocycles. The number of aromatic nitrogens is 1. The molecule has 1 heterocycles. The molecule has 15 heavy (non-hydrogen) atoms. The van der Waals surface area contributed by atoms with E-state index in [0.29, 0.717) is 5.69 Å². The van der Waals surface area contributed by atoms with E-state index < -0.39 is 0 Å². The largest absolute Gasteiger partial charge is 0.245 e. The maximum Gasteiger partial charge on any atom is 0.140 e. The van der Waals surface area contributed by atoms with Crippen molar-refractivity contribution in [3.8, 4) is 6.07 Å². The first-order valence-corrected chi connectivity index (χ1v) is 4.77. The summed E-state index contributed by atoms with van der Waals surface area (Å²) in [5.41, 5.74) is 2.84. The summed E-state index contributed by atoms with van der Waals surface area (Å²) in [6.07, 6.45) is 2.62. The summed E-state index contributed by atoms with van der Waals surface area (Å²) in [7, 11) is 0. The van der Waals surface area contributed by atoms with Crippen LogP contribution in [-0.4, -0.2) is 4.98 Å². The number of hydrogen-bond acceptors (Lipinski definition) is 2. The monoisotopic (exact) mass is 194 g/mol. The quantitative estimate of drug-likeness (QED) is 0.736. The SMILES string of the molecule is N#Cc1ccc(Cc2ccccc2)cn1. The van der Waals surface area contributed by atoms with Crippen molar-refractivity contribution in [2.24, 2.45) is 0 Å². The van der Waals surface area contributed by atoms with Crippen molar-refractivity contribution in [2.45, 2.75) is 6.42 Å². The second-order valence-electron chi connectivity index (χ2n) is 3.33. The van der Waals surface area contributed by atoms with Gasteiger partial charge in [-0.15, -0.1) is 0 Å². The molecule has 0 saturated carbocycles. The normalized spacial score (nSPS) is 9.53. The van der Waals surface area contributed by atoms with E-state index in [4.69, 9.17) is 5.26 Å². The van der Waals surface area contributed by atoms with Gasteiger partial charge in [-0.2, -0.15) is 5.26 Å². The van der Waals surface area contributed by atoms with E-state index in [0.717, 1.165) is 12.0 Å². The lowest BCUT2D eigenvalue weighted by Crippen LogP contribution is -1.90. The van der Waals surface area contributed by atoms with Crippen LogP contribution < -0.4 is 0 Å². The molecule has 0 radical (unpaired) electrons. The molecule has 0 saturated heterocycles. The fourth-order valence-corrected chi connectivity index (χ4v) is 1.43. The lowest BCUT2D eigenvalue weighted by Gasteiger charge is -2.00. The molecule has 2 aromatic rings. The van der Waals surface area contributed by atoms with Gasteiger partial charge in [-0.1, -0.05) is 36.4 Å². The van der Waals surface area contributed by atoms with Gasteiger partial charge >= 0.3 is 0 Å². The summed E-state index contributed by atoms with van der Waals surface area (Å²) in [5.74, 6) is 0. The fraction of sp³-hybridized carbons (Fsp3) is 0.0769. The number of nitriles is 1. The Bertz CT molecular complexity index is 466. The molecule has 0 spiro atoms. The Morgan fingerprint density at radius 1 is 1.00 bits per heavy atom. The van der Waals surface area contributed by atoms with Crippen molar-refractivity contribution in [2.75, 3.05) is 0 Å². The lowest BCUT2D eigenvalue weighted by atomic mass is 10.1. The number of pyridine rings is 1. The maximum absolute atomic E-state index is 8.61. The third-order valence-electron chi connectivity index (χ3n) is 2.19. The number of rotatable bonds is 2.